The molecule has 4 aliphatic rings. The normalized spacial score (nSPS) is 26.8. The summed E-state index contributed by atoms with van der Waals surface area (Å²) in [6.07, 6.45) is 7.55. The first-order valence-corrected chi connectivity index (χ1v) is 12.0. The molecule has 0 aromatic heterocycles. The maximum Gasteiger partial charge on any atom is 0.248 e. The molecule has 3 heterocycles. The lowest BCUT2D eigenvalue weighted by Crippen LogP contribution is -2.53. The summed E-state index contributed by atoms with van der Waals surface area (Å²) in [5.74, 6) is 0.405. The summed E-state index contributed by atoms with van der Waals surface area (Å²) < 4.78 is 12.3. The molecular weight excluding hydrogens is 392 g/mol. The SMILES string of the molecule is O=C(COC1CCOC2(CCN(C(=O)C3(c4ccccc4)CC3)CC2)C1)N1CCCC1. The van der Waals surface area contributed by atoms with E-state index in [1.54, 1.807) is 0 Å². The van der Waals surface area contributed by atoms with Gasteiger partial charge in [0, 0.05) is 39.2 Å². The minimum Gasteiger partial charge on any atom is -0.375 e. The molecule has 3 aliphatic heterocycles. The highest BCUT2D eigenvalue weighted by Gasteiger charge is 2.54. The zero-order valence-electron chi connectivity index (χ0n) is 18.4. The molecule has 1 spiro atoms. The van der Waals surface area contributed by atoms with Gasteiger partial charge in [-0.1, -0.05) is 30.3 Å². The van der Waals surface area contributed by atoms with Gasteiger partial charge in [-0.2, -0.15) is 0 Å². The van der Waals surface area contributed by atoms with E-state index in [0.29, 0.717) is 6.61 Å². The van der Waals surface area contributed by atoms with E-state index in [-0.39, 0.29) is 35.5 Å². The Morgan fingerprint density at radius 3 is 2.35 bits per heavy atom. The summed E-state index contributed by atoms with van der Waals surface area (Å²) in [6, 6.07) is 10.2. The lowest BCUT2D eigenvalue weighted by molar-refractivity contribution is -0.167. The van der Waals surface area contributed by atoms with Crippen molar-refractivity contribution in [1.29, 1.82) is 0 Å². The maximum atomic E-state index is 13.3. The standard InChI is InChI=1S/C25H34N2O4/c28-22(26-13-4-5-14-26)19-30-21-8-17-31-24(18-21)11-15-27(16-12-24)23(29)25(9-10-25)20-6-2-1-3-7-20/h1-3,6-7,21H,4-5,8-19H2. The Bertz CT molecular complexity index is 793. The second-order valence-corrected chi connectivity index (χ2v) is 9.79. The minimum atomic E-state index is -0.291. The third-order valence-electron chi connectivity index (χ3n) is 7.80. The van der Waals surface area contributed by atoms with Crippen LogP contribution in [0.4, 0.5) is 0 Å². The van der Waals surface area contributed by atoms with Gasteiger partial charge in [-0.25, -0.2) is 0 Å². The van der Waals surface area contributed by atoms with Gasteiger partial charge in [0.2, 0.25) is 11.8 Å². The average Bonchev–Trinajstić information content (AvgIpc) is 3.44. The highest BCUT2D eigenvalue weighted by molar-refractivity contribution is 5.91. The molecule has 31 heavy (non-hydrogen) atoms. The first-order valence-electron chi connectivity index (χ1n) is 12.0. The number of likely N-dealkylation sites (tertiary alicyclic amines) is 2. The van der Waals surface area contributed by atoms with Crippen molar-refractivity contribution >= 4 is 11.8 Å². The minimum absolute atomic E-state index is 0.0710. The number of nitrogens with zero attached hydrogens (tertiary/aromatic N) is 2. The van der Waals surface area contributed by atoms with E-state index in [9.17, 15) is 9.59 Å². The third kappa shape index (κ3) is 4.24. The monoisotopic (exact) mass is 426 g/mol. The van der Waals surface area contributed by atoms with Gasteiger partial charge >= 0.3 is 0 Å². The number of ether oxygens (including phenoxy) is 2. The number of piperidine rings is 1. The van der Waals surface area contributed by atoms with Crippen LogP contribution < -0.4 is 0 Å². The molecule has 168 valence electrons. The van der Waals surface area contributed by atoms with Gasteiger partial charge in [-0.3, -0.25) is 9.59 Å². The number of hydrogen-bond acceptors (Lipinski definition) is 4. The molecule has 2 amide bonds. The number of amides is 2. The second-order valence-electron chi connectivity index (χ2n) is 9.79. The van der Waals surface area contributed by atoms with Crippen LogP contribution in [-0.4, -0.2) is 72.7 Å². The van der Waals surface area contributed by atoms with E-state index in [1.807, 2.05) is 23.1 Å². The molecule has 1 saturated carbocycles. The van der Waals surface area contributed by atoms with Crippen LogP contribution in [0.1, 0.15) is 56.9 Å². The predicted octanol–water partition coefficient (Wildman–Crippen LogP) is 2.90. The van der Waals surface area contributed by atoms with E-state index >= 15 is 0 Å². The summed E-state index contributed by atoms with van der Waals surface area (Å²) in [4.78, 5) is 29.6. The molecule has 3 saturated heterocycles. The smallest absolute Gasteiger partial charge is 0.248 e. The topological polar surface area (TPSA) is 59.1 Å². The largest absolute Gasteiger partial charge is 0.375 e. The van der Waals surface area contributed by atoms with Crippen molar-refractivity contribution < 1.29 is 19.1 Å². The molecule has 1 aromatic rings. The van der Waals surface area contributed by atoms with E-state index in [2.05, 4.69) is 17.0 Å². The van der Waals surface area contributed by atoms with Gasteiger partial charge in [-0.05, 0) is 50.5 Å². The Kier molecular flexibility index (Phi) is 5.78. The maximum absolute atomic E-state index is 13.3. The third-order valence-corrected chi connectivity index (χ3v) is 7.80. The van der Waals surface area contributed by atoms with E-state index in [1.165, 1.54) is 0 Å². The van der Waals surface area contributed by atoms with Crippen molar-refractivity contribution in [2.24, 2.45) is 0 Å². The van der Waals surface area contributed by atoms with Gasteiger partial charge in [0.25, 0.3) is 0 Å². The quantitative estimate of drug-likeness (QED) is 0.727. The molecule has 0 radical (unpaired) electrons. The molecule has 6 heteroatoms. The van der Waals surface area contributed by atoms with Crippen LogP contribution in [0.2, 0.25) is 0 Å². The van der Waals surface area contributed by atoms with Gasteiger partial charge in [0.05, 0.1) is 17.1 Å². The van der Waals surface area contributed by atoms with Crippen LogP contribution in [0.3, 0.4) is 0 Å². The summed E-state index contributed by atoms with van der Waals surface area (Å²) in [7, 11) is 0. The number of carbonyl (C=O) groups is 2. The molecule has 5 rings (SSSR count). The molecule has 1 unspecified atom stereocenters. The van der Waals surface area contributed by atoms with Crippen molar-refractivity contribution in [3.8, 4) is 0 Å². The number of benzene rings is 1. The molecule has 1 atom stereocenters. The summed E-state index contributed by atoms with van der Waals surface area (Å²) in [6.45, 7) is 4.08. The van der Waals surface area contributed by atoms with Crippen LogP contribution in [0, 0.1) is 0 Å². The molecule has 6 nitrogen and oxygen atoms in total. The van der Waals surface area contributed by atoms with Gasteiger partial charge < -0.3 is 19.3 Å². The molecule has 0 N–H and O–H groups in total. The fourth-order valence-corrected chi connectivity index (χ4v) is 5.65. The van der Waals surface area contributed by atoms with Crippen molar-refractivity contribution in [1.82, 2.24) is 9.80 Å². The van der Waals surface area contributed by atoms with Crippen molar-refractivity contribution in [2.75, 3.05) is 39.4 Å². The lowest BCUT2D eigenvalue weighted by atomic mass is 9.82. The number of carbonyl (C=O) groups excluding carboxylic acids is 2. The van der Waals surface area contributed by atoms with E-state index in [4.69, 9.17) is 9.47 Å². The van der Waals surface area contributed by atoms with E-state index < -0.39 is 0 Å². The summed E-state index contributed by atoms with van der Waals surface area (Å²) in [5, 5.41) is 0. The van der Waals surface area contributed by atoms with Crippen molar-refractivity contribution in [3.63, 3.8) is 0 Å². The average molecular weight is 427 g/mol. The Hall–Kier alpha value is -1.92. The Morgan fingerprint density at radius 1 is 0.968 bits per heavy atom. The van der Waals surface area contributed by atoms with Gasteiger partial charge in [0.1, 0.15) is 6.61 Å². The molecule has 1 aliphatic carbocycles. The summed E-state index contributed by atoms with van der Waals surface area (Å²) in [5.41, 5.74) is 0.658. The van der Waals surface area contributed by atoms with Crippen LogP contribution >= 0.6 is 0 Å². The van der Waals surface area contributed by atoms with Crippen LogP contribution in [0.5, 0.6) is 0 Å². The highest BCUT2D eigenvalue weighted by atomic mass is 16.5. The van der Waals surface area contributed by atoms with Crippen LogP contribution in [0.25, 0.3) is 0 Å². The molecule has 4 fully saturated rings. The fourth-order valence-electron chi connectivity index (χ4n) is 5.65. The summed E-state index contributed by atoms with van der Waals surface area (Å²) >= 11 is 0. The molecule has 1 aromatic carbocycles. The number of rotatable bonds is 5. The predicted molar refractivity (Wildman–Crippen MR) is 117 cm³/mol. The second kappa shape index (κ2) is 8.55. The molecule has 0 bridgehead atoms. The number of hydrogen-bond donors (Lipinski definition) is 0. The van der Waals surface area contributed by atoms with Crippen LogP contribution in [-0.2, 0) is 24.5 Å². The van der Waals surface area contributed by atoms with E-state index in [0.717, 1.165) is 83.1 Å². The first kappa shape index (κ1) is 21.0. The lowest BCUT2D eigenvalue weighted by Gasteiger charge is -2.46. The van der Waals surface area contributed by atoms with Crippen LogP contribution in [0.15, 0.2) is 30.3 Å². The van der Waals surface area contributed by atoms with Crippen molar-refractivity contribution in [3.05, 3.63) is 35.9 Å². The Labute approximate surface area is 184 Å². The fraction of sp³-hybridized carbons (Fsp3) is 0.680. The zero-order valence-corrected chi connectivity index (χ0v) is 18.4. The van der Waals surface area contributed by atoms with Gasteiger partial charge in [-0.15, -0.1) is 0 Å². The highest BCUT2D eigenvalue weighted by Crippen LogP contribution is 2.50. The van der Waals surface area contributed by atoms with Crippen molar-refractivity contribution in [2.45, 2.75) is 68.5 Å². The zero-order chi connectivity index (χ0) is 21.3. The molecular formula is C25H34N2O4. The Morgan fingerprint density at radius 2 is 1.68 bits per heavy atom. The van der Waals surface area contributed by atoms with Gasteiger partial charge in [0.15, 0.2) is 0 Å². The first-order chi connectivity index (χ1) is 15.1. The Balaban J connectivity index is 1.14.